The maximum Gasteiger partial charge on any atom is 0.335 e. The lowest BCUT2D eigenvalue weighted by Gasteiger charge is -2.31. The number of carboxylic acids is 1. The third-order valence-electron chi connectivity index (χ3n) is 12.1. The van der Waals surface area contributed by atoms with E-state index in [2.05, 4.69) is 146 Å². The van der Waals surface area contributed by atoms with Gasteiger partial charge >= 0.3 is 5.97 Å². The predicted molar refractivity (Wildman–Crippen MR) is 266 cm³/mol. The Kier molecular flexibility index (Phi) is 15.7. The number of benzene rings is 4. The highest BCUT2D eigenvalue weighted by Gasteiger charge is 2.34. The molecule has 7 heteroatoms. The number of carboxylic acid groups (broad SMARTS) is 1. The average Bonchev–Trinajstić information content (AvgIpc) is 3.17. The number of rotatable bonds is 14. The fourth-order valence-electron chi connectivity index (χ4n) is 8.82. The summed E-state index contributed by atoms with van der Waals surface area (Å²) in [7, 11) is -2.34. The first-order valence-corrected chi connectivity index (χ1v) is 27.3. The van der Waals surface area contributed by atoms with E-state index in [-0.39, 0.29) is 16.2 Å². The van der Waals surface area contributed by atoms with Gasteiger partial charge < -0.3 is 24.1 Å². The molecule has 1 aliphatic rings. The summed E-state index contributed by atoms with van der Waals surface area (Å²) in [4.78, 5) is 13.7. The van der Waals surface area contributed by atoms with Crippen LogP contribution in [0, 0.1) is 0 Å². The Morgan fingerprint density at radius 3 is 1.00 bits per heavy atom. The van der Waals surface area contributed by atoms with Crippen molar-refractivity contribution in [2.24, 2.45) is 0 Å². The van der Waals surface area contributed by atoms with E-state index in [0.717, 1.165) is 98.4 Å². The Balaban J connectivity index is 2.09. The molecule has 63 heavy (non-hydrogen) atoms. The molecule has 0 heterocycles. The normalized spacial score (nSPS) is 13.5. The molecule has 0 atom stereocenters. The monoisotopic (exact) mass is 877 g/mol. The van der Waals surface area contributed by atoms with Gasteiger partial charge in [0.05, 0.1) is 40.1 Å². The van der Waals surface area contributed by atoms with E-state index < -0.39 is 14.0 Å². The molecule has 8 bridgehead atoms. The smallest absolute Gasteiger partial charge is 0.335 e. The third-order valence-corrected chi connectivity index (χ3v) is 14.1. The number of fused-ring (bicyclic) bond motifs is 8. The van der Waals surface area contributed by atoms with Gasteiger partial charge in [0.1, 0.15) is 23.0 Å². The van der Waals surface area contributed by atoms with Crippen LogP contribution in [0.3, 0.4) is 0 Å². The number of hydrogen-bond donors (Lipinski definition) is 1. The van der Waals surface area contributed by atoms with Crippen LogP contribution in [0.5, 0.6) is 23.0 Å². The van der Waals surface area contributed by atoms with E-state index in [9.17, 15) is 9.90 Å². The number of aromatic carboxylic acids is 1. The Labute approximate surface area is 382 Å². The van der Waals surface area contributed by atoms with Crippen LogP contribution in [-0.4, -0.2) is 45.6 Å². The number of ether oxygens (including phenoxy) is 4. The standard InChI is InChI=1S/C56H80O6Si/c1-17-21-59-48-36-25-37-29-44(55(8,9)10)32-40(49(37)60-22-18-2)27-41-35-47(53(57)58)52(63(14,15)16)46(51(41)62-24-20-4)34-42-33-45(56(11,12)13)31-39(50(42)61-23-19-3)26-38(48)30-43(28-36)54(5,6)7/h28-33,35H,17-27,34H2,1-16H3,(H,57,58). The third kappa shape index (κ3) is 11.7. The summed E-state index contributed by atoms with van der Waals surface area (Å²) in [6.45, 7) is 38.1. The van der Waals surface area contributed by atoms with Crippen molar-refractivity contribution in [3.8, 4) is 23.0 Å². The molecule has 0 aromatic heterocycles. The van der Waals surface area contributed by atoms with Gasteiger partial charge in [-0.05, 0) is 114 Å². The number of carbonyl (C=O) groups is 1. The van der Waals surface area contributed by atoms with E-state index in [1.165, 1.54) is 16.7 Å². The molecule has 5 rings (SSSR count). The Morgan fingerprint density at radius 2 is 0.746 bits per heavy atom. The minimum atomic E-state index is -2.34. The van der Waals surface area contributed by atoms with E-state index in [1.807, 2.05) is 6.07 Å². The first-order chi connectivity index (χ1) is 29.4. The van der Waals surface area contributed by atoms with Crippen molar-refractivity contribution in [1.29, 1.82) is 0 Å². The minimum Gasteiger partial charge on any atom is -0.493 e. The van der Waals surface area contributed by atoms with Crippen LogP contribution >= 0.6 is 0 Å². The molecule has 0 radical (unpaired) electrons. The van der Waals surface area contributed by atoms with Crippen LogP contribution in [0.4, 0.5) is 0 Å². The topological polar surface area (TPSA) is 74.2 Å². The highest BCUT2D eigenvalue weighted by atomic mass is 28.3. The molecular formula is C56H80O6Si. The second-order valence-corrected chi connectivity index (χ2v) is 27.0. The summed E-state index contributed by atoms with van der Waals surface area (Å²) in [5.74, 6) is 2.58. The fraction of sp³-hybridized carbons (Fsp3) is 0.554. The lowest BCUT2D eigenvalue weighted by atomic mass is 9.80. The predicted octanol–water partition coefficient (Wildman–Crippen LogP) is 13.7. The summed E-state index contributed by atoms with van der Waals surface area (Å²) < 4.78 is 27.8. The zero-order valence-corrected chi connectivity index (χ0v) is 43.0. The SMILES string of the molecule is CCCOc1c2cc(C(C)(C)C)cc1Cc1cc(C(C)(C)C)cc(c1OCCC)Cc1c(OCCC)c(cc(C(=O)O)c1[Si](C)(C)C)Cc1cc(C(C)(C)C)cc(c1OCCC)C2. The number of hydrogen-bond acceptors (Lipinski definition) is 5. The molecule has 4 aromatic carbocycles. The molecule has 0 unspecified atom stereocenters. The van der Waals surface area contributed by atoms with Crippen molar-refractivity contribution < 1.29 is 28.8 Å². The highest BCUT2D eigenvalue weighted by molar-refractivity contribution is 6.89. The Hall–Kier alpha value is -4.23. The van der Waals surface area contributed by atoms with Crippen molar-refractivity contribution >= 4 is 19.2 Å². The van der Waals surface area contributed by atoms with Gasteiger partial charge in [-0.1, -0.05) is 146 Å². The van der Waals surface area contributed by atoms with Gasteiger partial charge in [-0.25, -0.2) is 4.79 Å². The van der Waals surface area contributed by atoms with Gasteiger partial charge in [0.25, 0.3) is 0 Å². The molecule has 6 nitrogen and oxygen atoms in total. The second-order valence-electron chi connectivity index (χ2n) is 22.0. The molecule has 0 saturated carbocycles. The van der Waals surface area contributed by atoms with Gasteiger partial charge in [0, 0.05) is 25.7 Å². The zero-order chi connectivity index (χ0) is 46.7. The summed E-state index contributed by atoms with van der Waals surface area (Å²) in [6, 6.07) is 16.0. The summed E-state index contributed by atoms with van der Waals surface area (Å²) in [6.07, 6.45) is 5.57. The molecule has 344 valence electrons. The van der Waals surface area contributed by atoms with Crippen LogP contribution in [0.2, 0.25) is 19.6 Å². The van der Waals surface area contributed by atoms with Gasteiger partial charge in [0.15, 0.2) is 0 Å². The molecule has 0 aliphatic heterocycles. The molecular weight excluding hydrogens is 797 g/mol. The first-order valence-electron chi connectivity index (χ1n) is 23.8. The van der Waals surface area contributed by atoms with Crippen LogP contribution in [-0.2, 0) is 41.9 Å². The van der Waals surface area contributed by atoms with Crippen molar-refractivity contribution in [2.75, 3.05) is 26.4 Å². The van der Waals surface area contributed by atoms with Crippen molar-refractivity contribution in [1.82, 2.24) is 0 Å². The van der Waals surface area contributed by atoms with E-state index in [1.54, 1.807) is 0 Å². The summed E-state index contributed by atoms with van der Waals surface area (Å²) >= 11 is 0. The maximum absolute atomic E-state index is 13.7. The second kappa shape index (κ2) is 19.9. The van der Waals surface area contributed by atoms with Crippen LogP contribution in [0.1, 0.15) is 187 Å². The quantitative estimate of drug-likeness (QED) is 0.112. The van der Waals surface area contributed by atoms with Crippen LogP contribution < -0.4 is 24.1 Å². The Morgan fingerprint density at radius 1 is 0.476 bits per heavy atom. The summed E-state index contributed by atoms with van der Waals surface area (Å²) in [5.41, 5.74) is 12.0. The minimum absolute atomic E-state index is 0.125. The molecule has 0 saturated heterocycles. The fourth-order valence-corrected chi connectivity index (χ4v) is 10.9. The zero-order valence-electron chi connectivity index (χ0n) is 42.0. The first kappa shape index (κ1) is 49.8. The van der Waals surface area contributed by atoms with Gasteiger partial charge in [-0.3, -0.25) is 0 Å². The average molecular weight is 877 g/mol. The van der Waals surface area contributed by atoms with Crippen LogP contribution in [0.25, 0.3) is 0 Å². The van der Waals surface area contributed by atoms with Crippen LogP contribution in [0.15, 0.2) is 42.5 Å². The molecule has 0 fully saturated rings. The van der Waals surface area contributed by atoms with E-state index in [0.29, 0.717) is 57.7 Å². The van der Waals surface area contributed by atoms with Gasteiger partial charge in [-0.15, -0.1) is 0 Å². The molecule has 1 aliphatic carbocycles. The molecule has 1 N–H and O–H groups in total. The largest absolute Gasteiger partial charge is 0.493 e. The highest BCUT2D eigenvalue weighted by Crippen LogP contribution is 2.44. The Bertz CT molecular complexity index is 2260. The van der Waals surface area contributed by atoms with Gasteiger partial charge in [0.2, 0.25) is 0 Å². The maximum atomic E-state index is 13.7. The van der Waals surface area contributed by atoms with Crippen molar-refractivity contribution in [2.45, 2.75) is 177 Å². The molecule has 0 amide bonds. The summed E-state index contributed by atoms with van der Waals surface area (Å²) in [5, 5.41) is 12.1. The van der Waals surface area contributed by atoms with Crippen molar-refractivity contribution in [3.05, 3.63) is 109 Å². The lowest BCUT2D eigenvalue weighted by molar-refractivity contribution is 0.0698. The van der Waals surface area contributed by atoms with E-state index in [4.69, 9.17) is 18.9 Å². The lowest BCUT2D eigenvalue weighted by Crippen LogP contribution is -2.44. The molecule has 0 spiro atoms. The van der Waals surface area contributed by atoms with Gasteiger partial charge in [-0.2, -0.15) is 0 Å². The molecule has 4 aromatic rings. The van der Waals surface area contributed by atoms with Crippen molar-refractivity contribution in [3.63, 3.8) is 0 Å². The van der Waals surface area contributed by atoms with E-state index >= 15 is 0 Å².